The molecule has 0 aliphatic rings. The van der Waals surface area contributed by atoms with Crippen LogP contribution in [0, 0.1) is 0 Å². The largest absolute Gasteiger partial charge is 0.362 e. The van der Waals surface area contributed by atoms with Crippen LogP contribution in [-0.2, 0) is 0 Å². The second-order valence-electron chi connectivity index (χ2n) is 4.26. The highest BCUT2D eigenvalue weighted by Gasteiger charge is 2.11. The van der Waals surface area contributed by atoms with E-state index in [0.717, 1.165) is 12.2 Å². The summed E-state index contributed by atoms with van der Waals surface area (Å²) in [6.45, 7) is 2.14. The highest BCUT2D eigenvalue weighted by Crippen LogP contribution is 2.21. The lowest BCUT2D eigenvalue weighted by molar-refractivity contribution is 0.727. The summed E-state index contributed by atoms with van der Waals surface area (Å²) in [5.74, 6) is 0.790. The van der Waals surface area contributed by atoms with Crippen LogP contribution < -0.4 is 5.32 Å². The molecule has 0 saturated carbocycles. The number of tetrazole rings is 1. The van der Waals surface area contributed by atoms with Gasteiger partial charge in [0.15, 0.2) is 11.5 Å². The molecule has 2 heterocycles. The van der Waals surface area contributed by atoms with Gasteiger partial charge in [0.2, 0.25) is 0 Å². The molecule has 2 aromatic heterocycles. The Labute approximate surface area is 110 Å². The van der Waals surface area contributed by atoms with Gasteiger partial charge >= 0.3 is 0 Å². The Balaban J connectivity index is 1.93. The molecule has 0 radical (unpaired) electrons. The van der Waals surface area contributed by atoms with Crippen LogP contribution in [0.25, 0.3) is 5.65 Å². The summed E-state index contributed by atoms with van der Waals surface area (Å²) in [4.78, 5) is 4.14. The average molecular weight is 254 g/mol. The van der Waals surface area contributed by atoms with Crippen molar-refractivity contribution >= 4 is 11.5 Å². The zero-order chi connectivity index (χ0) is 13.1. The Kier molecular flexibility index (Phi) is 3.06. The Bertz CT molecular complexity index is 663. The van der Waals surface area contributed by atoms with Gasteiger partial charge in [-0.05, 0) is 22.4 Å². The third kappa shape index (κ3) is 2.24. The summed E-state index contributed by atoms with van der Waals surface area (Å²) >= 11 is 0. The first kappa shape index (κ1) is 11.6. The Morgan fingerprint density at radius 1 is 1.21 bits per heavy atom. The molecule has 6 nitrogen and oxygen atoms in total. The van der Waals surface area contributed by atoms with E-state index in [4.69, 9.17) is 0 Å². The van der Waals surface area contributed by atoms with Crippen LogP contribution in [-0.4, -0.2) is 25.0 Å². The average Bonchev–Trinajstić information content (AvgIpc) is 2.95. The first-order chi connectivity index (χ1) is 9.38. The molecule has 0 amide bonds. The molecule has 0 bridgehead atoms. The number of anilines is 1. The Morgan fingerprint density at radius 2 is 2.05 bits per heavy atom. The van der Waals surface area contributed by atoms with Gasteiger partial charge in [-0.25, -0.2) is 0 Å². The maximum atomic E-state index is 4.14. The summed E-state index contributed by atoms with van der Waals surface area (Å²) in [5, 5.41) is 14.9. The molecule has 19 heavy (non-hydrogen) atoms. The van der Waals surface area contributed by atoms with Gasteiger partial charge in [0, 0.05) is 0 Å². The summed E-state index contributed by atoms with van der Waals surface area (Å²) in [7, 11) is 0. The lowest BCUT2D eigenvalue weighted by atomic mass is 10.1. The van der Waals surface area contributed by atoms with Crippen molar-refractivity contribution in [3.05, 3.63) is 48.3 Å². The van der Waals surface area contributed by atoms with E-state index in [1.807, 2.05) is 18.2 Å². The van der Waals surface area contributed by atoms with Gasteiger partial charge in [-0.1, -0.05) is 37.3 Å². The van der Waals surface area contributed by atoms with Gasteiger partial charge in [0.05, 0.1) is 18.4 Å². The third-order valence-corrected chi connectivity index (χ3v) is 3.04. The van der Waals surface area contributed by atoms with Gasteiger partial charge in [-0.2, -0.15) is 4.52 Å². The maximum Gasteiger partial charge on any atom is 0.199 e. The molecule has 6 heteroatoms. The minimum Gasteiger partial charge on any atom is -0.362 e. The van der Waals surface area contributed by atoms with Crippen LogP contribution in [0.1, 0.15) is 24.9 Å². The van der Waals surface area contributed by atoms with Crippen molar-refractivity contribution in [2.24, 2.45) is 0 Å². The Morgan fingerprint density at radius 3 is 2.84 bits per heavy atom. The molecular formula is C13H14N6. The first-order valence-electron chi connectivity index (χ1n) is 6.22. The fraction of sp³-hybridized carbons (Fsp3) is 0.231. The van der Waals surface area contributed by atoms with Crippen LogP contribution in [0.3, 0.4) is 0 Å². The third-order valence-electron chi connectivity index (χ3n) is 3.04. The molecule has 3 aromatic rings. The molecule has 0 aliphatic heterocycles. The van der Waals surface area contributed by atoms with Gasteiger partial charge in [-0.15, -0.1) is 5.10 Å². The monoisotopic (exact) mass is 254 g/mol. The molecule has 1 N–H and O–H groups in total. The molecule has 1 atom stereocenters. The highest BCUT2D eigenvalue weighted by molar-refractivity contribution is 5.45. The molecule has 1 aromatic carbocycles. The zero-order valence-electron chi connectivity index (χ0n) is 10.6. The van der Waals surface area contributed by atoms with Crippen LogP contribution in [0.4, 0.5) is 5.82 Å². The van der Waals surface area contributed by atoms with E-state index in [0.29, 0.717) is 5.65 Å². The number of nitrogens with zero attached hydrogens (tertiary/aromatic N) is 5. The number of benzene rings is 1. The fourth-order valence-corrected chi connectivity index (χ4v) is 2.06. The lowest BCUT2D eigenvalue weighted by Crippen LogP contribution is -2.13. The summed E-state index contributed by atoms with van der Waals surface area (Å²) < 4.78 is 1.65. The SMILES string of the molecule is CCC(Nc1cncc2nnnn12)c1ccccc1. The van der Waals surface area contributed by atoms with E-state index in [1.54, 1.807) is 16.9 Å². The van der Waals surface area contributed by atoms with Gasteiger partial charge in [-0.3, -0.25) is 4.98 Å². The van der Waals surface area contributed by atoms with Crippen LogP contribution >= 0.6 is 0 Å². The number of rotatable bonds is 4. The molecule has 0 fully saturated rings. The molecule has 1 unspecified atom stereocenters. The minimum absolute atomic E-state index is 0.206. The van der Waals surface area contributed by atoms with E-state index in [2.05, 4.69) is 44.9 Å². The number of hydrogen-bond donors (Lipinski definition) is 1. The van der Waals surface area contributed by atoms with Gasteiger partial charge < -0.3 is 5.32 Å². The van der Waals surface area contributed by atoms with Crippen molar-refractivity contribution in [1.82, 2.24) is 25.0 Å². The summed E-state index contributed by atoms with van der Waals surface area (Å²) in [6.07, 6.45) is 4.33. The van der Waals surface area contributed by atoms with Crippen LogP contribution in [0.15, 0.2) is 42.7 Å². The van der Waals surface area contributed by atoms with Crippen molar-refractivity contribution in [2.75, 3.05) is 5.32 Å². The quantitative estimate of drug-likeness (QED) is 0.772. The van der Waals surface area contributed by atoms with Crippen molar-refractivity contribution in [3.63, 3.8) is 0 Å². The molecule has 0 saturated heterocycles. The summed E-state index contributed by atoms with van der Waals surface area (Å²) in [5.41, 5.74) is 1.86. The number of hydrogen-bond acceptors (Lipinski definition) is 5. The molecule has 0 spiro atoms. The minimum atomic E-state index is 0.206. The van der Waals surface area contributed by atoms with E-state index in [1.165, 1.54) is 5.56 Å². The van der Waals surface area contributed by atoms with Crippen molar-refractivity contribution < 1.29 is 0 Å². The van der Waals surface area contributed by atoms with Crippen molar-refractivity contribution in [1.29, 1.82) is 0 Å². The summed E-state index contributed by atoms with van der Waals surface area (Å²) in [6, 6.07) is 10.5. The number of nitrogens with one attached hydrogen (secondary N) is 1. The fourth-order valence-electron chi connectivity index (χ4n) is 2.06. The predicted molar refractivity (Wildman–Crippen MR) is 71.7 cm³/mol. The number of aromatic nitrogens is 5. The lowest BCUT2D eigenvalue weighted by Gasteiger charge is -2.18. The normalized spacial score (nSPS) is 12.5. The predicted octanol–water partition coefficient (Wildman–Crippen LogP) is 2.08. The van der Waals surface area contributed by atoms with E-state index in [9.17, 15) is 0 Å². The van der Waals surface area contributed by atoms with E-state index >= 15 is 0 Å². The maximum absolute atomic E-state index is 4.14. The van der Waals surface area contributed by atoms with Gasteiger partial charge in [0.25, 0.3) is 0 Å². The molecule has 0 aliphatic carbocycles. The second kappa shape index (κ2) is 5.01. The zero-order valence-corrected chi connectivity index (χ0v) is 10.6. The van der Waals surface area contributed by atoms with Crippen LogP contribution in [0.5, 0.6) is 0 Å². The highest BCUT2D eigenvalue weighted by atomic mass is 15.5. The molecular weight excluding hydrogens is 240 g/mol. The number of fused-ring (bicyclic) bond motifs is 1. The first-order valence-corrected chi connectivity index (χ1v) is 6.22. The standard InChI is InChI=1S/C13H14N6/c1-2-11(10-6-4-3-5-7-10)15-12-8-14-9-13-16-17-18-19(12)13/h3-9,11,15H,2H2,1H3. The molecule has 3 rings (SSSR count). The van der Waals surface area contributed by atoms with Crippen molar-refractivity contribution in [2.45, 2.75) is 19.4 Å². The molecule has 96 valence electrons. The topological polar surface area (TPSA) is 68.0 Å². The van der Waals surface area contributed by atoms with Crippen LogP contribution in [0.2, 0.25) is 0 Å². The van der Waals surface area contributed by atoms with E-state index < -0.39 is 0 Å². The second-order valence-corrected chi connectivity index (χ2v) is 4.26. The van der Waals surface area contributed by atoms with Crippen molar-refractivity contribution in [3.8, 4) is 0 Å². The smallest absolute Gasteiger partial charge is 0.199 e. The van der Waals surface area contributed by atoms with Gasteiger partial charge in [0.1, 0.15) is 0 Å². The van der Waals surface area contributed by atoms with E-state index in [-0.39, 0.29) is 6.04 Å². The Hall–Kier alpha value is -2.50.